The fourth-order valence-corrected chi connectivity index (χ4v) is 3.06. The molecule has 2 heterocycles. The molecule has 1 aliphatic heterocycles. The van der Waals surface area contributed by atoms with Crippen molar-refractivity contribution >= 4 is 23.2 Å². The highest BCUT2D eigenvalue weighted by Gasteiger charge is 2.25. The zero-order chi connectivity index (χ0) is 13.8. The number of nitrogens with one attached hydrogen (secondary N) is 1. The van der Waals surface area contributed by atoms with Crippen LogP contribution in [-0.2, 0) is 0 Å². The van der Waals surface area contributed by atoms with E-state index in [0.29, 0.717) is 22.3 Å². The largest absolute Gasteiger partial charge is 0.314 e. The molecule has 0 spiro atoms. The van der Waals surface area contributed by atoms with E-state index in [2.05, 4.69) is 29.0 Å². The molecule has 0 radical (unpaired) electrons. The molecule has 0 unspecified atom stereocenters. The Morgan fingerprint density at radius 2 is 1.95 bits per heavy atom. The van der Waals surface area contributed by atoms with E-state index >= 15 is 0 Å². The number of piperazine rings is 1. The molecule has 1 saturated heterocycles. The van der Waals surface area contributed by atoms with Gasteiger partial charge in [0.1, 0.15) is 10.3 Å². The van der Waals surface area contributed by atoms with Crippen LogP contribution in [0, 0.1) is 5.92 Å². The second kappa shape index (κ2) is 6.89. The fourth-order valence-electron chi connectivity index (χ4n) is 2.58. The Kier molecular flexibility index (Phi) is 5.46. The highest BCUT2D eigenvalue weighted by atomic mass is 35.5. The molecule has 0 bridgehead atoms. The molecular formula is C14H21Cl2N3. The minimum Gasteiger partial charge on any atom is -0.314 e. The lowest BCUT2D eigenvalue weighted by molar-refractivity contribution is 0.154. The molecule has 1 fully saturated rings. The van der Waals surface area contributed by atoms with Gasteiger partial charge >= 0.3 is 0 Å². The van der Waals surface area contributed by atoms with E-state index in [4.69, 9.17) is 23.2 Å². The molecule has 19 heavy (non-hydrogen) atoms. The summed E-state index contributed by atoms with van der Waals surface area (Å²) in [6.45, 7) is 8.66. The SMILES string of the molecule is CC(C)C[C@H](c1ccc(Cl)nc1Cl)N1CCNCC1. The molecule has 0 amide bonds. The first-order valence-corrected chi connectivity index (χ1v) is 7.60. The van der Waals surface area contributed by atoms with Crippen LogP contribution < -0.4 is 5.32 Å². The lowest BCUT2D eigenvalue weighted by Crippen LogP contribution is -2.45. The van der Waals surface area contributed by atoms with Crippen LogP contribution in [0.25, 0.3) is 0 Å². The maximum Gasteiger partial charge on any atom is 0.135 e. The predicted molar refractivity (Wildman–Crippen MR) is 80.9 cm³/mol. The summed E-state index contributed by atoms with van der Waals surface area (Å²) in [6, 6.07) is 4.18. The first-order chi connectivity index (χ1) is 9.08. The third kappa shape index (κ3) is 4.06. The average Bonchev–Trinajstić information content (AvgIpc) is 2.37. The standard InChI is InChI=1S/C14H21Cl2N3/c1-10(2)9-12(19-7-5-17-6-8-19)11-3-4-13(15)18-14(11)16/h3-4,10,12,17H,5-9H2,1-2H3/t12-/m1/s1. The van der Waals surface area contributed by atoms with Gasteiger partial charge in [-0.2, -0.15) is 0 Å². The highest BCUT2D eigenvalue weighted by Crippen LogP contribution is 2.32. The Hall–Kier alpha value is -0.350. The third-order valence-electron chi connectivity index (χ3n) is 3.49. The molecule has 0 aromatic carbocycles. The molecule has 1 aromatic rings. The number of hydrogen-bond acceptors (Lipinski definition) is 3. The van der Waals surface area contributed by atoms with Crippen molar-refractivity contribution in [1.29, 1.82) is 0 Å². The maximum absolute atomic E-state index is 6.29. The topological polar surface area (TPSA) is 28.2 Å². The van der Waals surface area contributed by atoms with Crippen LogP contribution in [0.15, 0.2) is 12.1 Å². The van der Waals surface area contributed by atoms with Crippen LogP contribution in [-0.4, -0.2) is 36.1 Å². The number of halogens is 2. The second-order valence-electron chi connectivity index (χ2n) is 5.45. The van der Waals surface area contributed by atoms with Gasteiger partial charge in [-0.1, -0.05) is 43.1 Å². The van der Waals surface area contributed by atoms with Crippen molar-refractivity contribution in [1.82, 2.24) is 15.2 Å². The Morgan fingerprint density at radius 1 is 1.26 bits per heavy atom. The lowest BCUT2D eigenvalue weighted by atomic mass is 9.96. The minimum absolute atomic E-state index is 0.333. The van der Waals surface area contributed by atoms with Crippen LogP contribution in [0.1, 0.15) is 31.9 Å². The van der Waals surface area contributed by atoms with Gasteiger partial charge in [-0.05, 0) is 18.4 Å². The van der Waals surface area contributed by atoms with Crippen molar-refractivity contribution in [2.24, 2.45) is 5.92 Å². The van der Waals surface area contributed by atoms with E-state index in [9.17, 15) is 0 Å². The molecule has 106 valence electrons. The van der Waals surface area contributed by atoms with Crippen LogP contribution in [0.4, 0.5) is 0 Å². The zero-order valence-corrected chi connectivity index (χ0v) is 13.0. The van der Waals surface area contributed by atoms with E-state index < -0.39 is 0 Å². The molecule has 1 N–H and O–H groups in total. The summed E-state index contributed by atoms with van der Waals surface area (Å²) in [7, 11) is 0. The van der Waals surface area contributed by atoms with E-state index in [1.807, 2.05) is 12.1 Å². The van der Waals surface area contributed by atoms with Crippen molar-refractivity contribution < 1.29 is 0 Å². The summed E-state index contributed by atoms with van der Waals surface area (Å²) in [4.78, 5) is 6.68. The van der Waals surface area contributed by atoms with E-state index in [1.165, 1.54) is 0 Å². The molecule has 1 atom stereocenters. The summed E-state index contributed by atoms with van der Waals surface area (Å²) in [5.74, 6) is 0.617. The van der Waals surface area contributed by atoms with Crippen molar-refractivity contribution in [2.75, 3.05) is 26.2 Å². The molecule has 5 heteroatoms. The number of nitrogens with zero attached hydrogens (tertiary/aromatic N) is 2. The van der Waals surface area contributed by atoms with Gasteiger partial charge in [-0.25, -0.2) is 4.98 Å². The molecule has 1 aromatic heterocycles. The van der Waals surface area contributed by atoms with E-state index in [0.717, 1.165) is 38.2 Å². The second-order valence-corrected chi connectivity index (χ2v) is 6.19. The summed E-state index contributed by atoms with van der Waals surface area (Å²) < 4.78 is 0. The van der Waals surface area contributed by atoms with Crippen molar-refractivity contribution in [2.45, 2.75) is 26.3 Å². The Bertz CT molecular complexity index is 417. The van der Waals surface area contributed by atoms with Crippen LogP contribution in [0.5, 0.6) is 0 Å². The summed E-state index contributed by atoms with van der Waals surface area (Å²) >= 11 is 12.2. The Balaban J connectivity index is 2.25. The van der Waals surface area contributed by atoms with Crippen LogP contribution >= 0.6 is 23.2 Å². The number of pyridine rings is 1. The van der Waals surface area contributed by atoms with Gasteiger partial charge in [-0.15, -0.1) is 0 Å². The van der Waals surface area contributed by atoms with Crippen LogP contribution in [0.3, 0.4) is 0 Å². The fraction of sp³-hybridized carbons (Fsp3) is 0.643. The van der Waals surface area contributed by atoms with Crippen LogP contribution in [0.2, 0.25) is 10.3 Å². The molecule has 2 rings (SSSR count). The quantitative estimate of drug-likeness (QED) is 0.864. The van der Waals surface area contributed by atoms with Gasteiger partial charge in [0.15, 0.2) is 0 Å². The third-order valence-corrected chi connectivity index (χ3v) is 4.00. The first kappa shape index (κ1) is 15.0. The predicted octanol–water partition coefficient (Wildman–Crippen LogP) is 3.38. The zero-order valence-electron chi connectivity index (χ0n) is 11.5. The van der Waals surface area contributed by atoms with Gasteiger partial charge < -0.3 is 5.32 Å². The Morgan fingerprint density at radius 3 is 2.53 bits per heavy atom. The highest BCUT2D eigenvalue weighted by molar-refractivity contribution is 6.32. The minimum atomic E-state index is 0.333. The number of hydrogen-bond donors (Lipinski definition) is 1. The summed E-state index contributed by atoms with van der Waals surface area (Å²) in [5.41, 5.74) is 1.10. The van der Waals surface area contributed by atoms with Gasteiger partial charge in [0.2, 0.25) is 0 Å². The smallest absolute Gasteiger partial charge is 0.135 e. The van der Waals surface area contributed by atoms with Gasteiger partial charge in [0.25, 0.3) is 0 Å². The number of rotatable bonds is 4. The molecule has 0 aliphatic carbocycles. The monoisotopic (exact) mass is 301 g/mol. The molecular weight excluding hydrogens is 281 g/mol. The summed E-state index contributed by atoms with van der Waals surface area (Å²) in [6.07, 6.45) is 1.09. The number of aromatic nitrogens is 1. The van der Waals surface area contributed by atoms with Crippen molar-refractivity contribution in [3.63, 3.8) is 0 Å². The van der Waals surface area contributed by atoms with Crippen molar-refractivity contribution in [3.8, 4) is 0 Å². The van der Waals surface area contributed by atoms with E-state index in [1.54, 1.807) is 0 Å². The Labute approximate surface area is 125 Å². The average molecular weight is 302 g/mol. The summed E-state index contributed by atoms with van der Waals surface area (Å²) in [5, 5.41) is 4.38. The van der Waals surface area contributed by atoms with Gasteiger partial charge in [-0.3, -0.25) is 4.90 Å². The van der Waals surface area contributed by atoms with Crippen molar-refractivity contribution in [3.05, 3.63) is 28.0 Å². The van der Waals surface area contributed by atoms with E-state index in [-0.39, 0.29) is 0 Å². The molecule has 3 nitrogen and oxygen atoms in total. The maximum atomic E-state index is 6.29. The lowest BCUT2D eigenvalue weighted by Gasteiger charge is -2.36. The first-order valence-electron chi connectivity index (χ1n) is 6.84. The molecule has 1 aliphatic rings. The van der Waals surface area contributed by atoms with Gasteiger partial charge in [0.05, 0.1) is 0 Å². The van der Waals surface area contributed by atoms with Gasteiger partial charge in [0, 0.05) is 37.8 Å². The normalized spacial score (nSPS) is 18.8. The molecule has 0 saturated carbocycles.